The van der Waals surface area contributed by atoms with Crippen LogP contribution in [0.15, 0.2) is 62.9 Å². The van der Waals surface area contributed by atoms with Crippen molar-refractivity contribution in [1.82, 2.24) is 19.7 Å². The third kappa shape index (κ3) is 5.55. The fourth-order valence-electron chi connectivity index (χ4n) is 2.65. The van der Waals surface area contributed by atoms with Gasteiger partial charge in [0.15, 0.2) is 11.0 Å². The van der Waals surface area contributed by atoms with Crippen LogP contribution in [0.4, 0.5) is 5.69 Å². The lowest BCUT2D eigenvalue weighted by atomic mass is 10.2. The minimum Gasteiger partial charge on any atom is -0.323 e. The van der Waals surface area contributed by atoms with Crippen molar-refractivity contribution in [2.45, 2.75) is 25.5 Å². The molecule has 6 nitrogen and oxygen atoms in total. The van der Waals surface area contributed by atoms with E-state index in [1.54, 1.807) is 12.4 Å². The number of thioether (sulfide) groups is 1. The SMILES string of the molecule is C=C(C)Cn1c(SCC(=O)Nc2c(Br)cc(C)cc2Br)nnc1-c1ccncc1. The normalized spacial score (nSPS) is 10.8. The van der Waals surface area contributed by atoms with E-state index in [0.717, 1.165) is 31.5 Å². The molecule has 1 N–H and O–H groups in total. The van der Waals surface area contributed by atoms with Gasteiger partial charge in [0.2, 0.25) is 5.91 Å². The van der Waals surface area contributed by atoms with Crippen molar-refractivity contribution < 1.29 is 4.79 Å². The van der Waals surface area contributed by atoms with Gasteiger partial charge in [-0.15, -0.1) is 10.2 Å². The number of nitrogens with one attached hydrogen (secondary N) is 1. The Morgan fingerprint density at radius 3 is 2.48 bits per heavy atom. The Morgan fingerprint density at radius 1 is 1.21 bits per heavy atom. The highest BCUT2D eigenvalue weighted by atomic mass is 79.9. The molecule has 1 aromatic carbocycles. The van der Waals surface area contributed by atoms with Crippen molar-refractivity contribution in [3.63, 3.8) is 0 Å². The van der Waals surface area contributed by atoms with Crippen molar-refractivity contribution in [1.29, 1.82) is 0 Å². The summed E-state index contributed by atoms with van der Waals surface area (Å²) in [5.41, 5.74) is 3.69. The van der Waals surface area contributed by atoms with Crippen LogP contribution in [0.1, 0.15) is 12.5 Å². The number of rotatable bonds is 7. The molecule has 2 aromatic heterocycles. The molecule has 0 aliphatic heterocycles. The van der Waals surface area contributed by atoms with Gasteiger partial charge in [0.25, 0.3) is 0 Å². The van der Waals surface area contributed by atoms with Gasteiger partial charge in [-0.3, -0.25) is 14.3 Å². The molecule has 0 radical (unpaired) electrons. The van der Waals surface area contributed by atoms with Crippen LogP contribution in [0.25, 0.3) is 11.4 Å². The predicted molar refractivity (Wildman–Crippen MR) is 124 cm³/mol. The molecule has 3 rings (SSSR count). The fourth-order valence-corrected chi connectivity index (χ4v) is 5.00. The minimum absolute atomic E-state index is 0.129. The maximum Gasteiger partial charge on any atom is 0.234 e. The topological polar surface area (TPSA) is 72.7 Å². The lowest BCUT2D eigenvalue weighted by Gasteiger charge is -2.12. The molecule has 1 amide bonds. The number of allylic oxidation sites excluding steroid dienone is 1. The summed E-state index contributed by atoms with van der Waals surface area (Å²) in [6, 6.07) is 7.68. The number of aryl methyl sites for hydroxylation is 1. The molecule has 2 heterocycles. The van der Waals surface area contributed by atoms with Crippen LogP contribution >= 0.6 is 43.6 Å². The number of anilines is 1. The predicted octanol–water partition coefficient (Wildman–Crippen LogP) is 5.48. The Labute approximate surface area is 190 Å². The van der Waals surface area contributed by atoms with E-state index in [1.165, 1.54) is 11.8 Å². The standard InChI is InChI=1S/C20H19Br2N5OS/c1-12(2)10-27-19(14-4-6-23-7-5-14)25-26-20(27)29-11-17(28)24-18-15(21)8-13(3)9-16(18)22/h4-9H,1,10-11H2,2-3H3,(H,24,28). The smallest absolute Gasteiger partial charge is 0.234 e. The van der Waals surface area contributed by atoms with Crippen LogP contribution in [0.5, 0.6) is 0 Å². The van der Waals surface area contributed by atoms with Crippen LogP contribution in [0, 0.1) is 6.92 Å². The van der Waals surface area contributed by atoms with Gasteiger partial charge in [-0.05, 0) is 75.5 Å². The first-order valence-corrected chi connectivity index (χ1v) is 11.3. The van der Waals surface area contributed by atoms with E-state index < -0.39 is 0 Å². The van der Waals surface area contributed by atoms with Gasteiger partial charge < -0.3 is 5.32 Å². The Morgan fingerprint density at radius 2 is 1.86 bits per heavy atom. The summed E-state index contributed by atoms with van der Waals surface area (Å²) < 4.78 is 3.62. The number of carbonyl (C=O) groups is 1. The lowest BCUT2D eigenvalue weighted by molar-refractivity contribution is -0.113. The van der Waals surface area contributed by atoms with Crippen molar-refractivity contribution in [2.75, 3.05) is 11.1 Å². The molecule has 0 fully saturated rings. The molecule has 0 spiro atoms. The van der Waals surface area contributed by atoms with E-state index in [9.17, 15) is 4.79 Å². The average molecular weight is 537 g/mol. The van der Waals surface area contributed by atoms with E-state index >= 15 is 0 Å². The minimum atomic E-state index is -0.129. The van der Waals surface area contributed by atoms with E-state index in [2.05, 4.69) is 58.9 Å². The van der Waals surface area contributed by atoms with E-state index in [1.807, 2.05) is 42.7 Å². The van der Waals surface area contributed by atoms with Crippen LogP contribution in [0.2, 0.25) is 0 Å². The number of amides is 1. The van der Waals surface area contributed by atoms with Gasteiger partial charge >= 0.3 is 0 Å². The second-order valence-electron chi connectivity index (χ2n) is 6.53. The number of hydrogen-bond acceptors (Lipinski definition) is 5. The van der Waals surface area contributed by atoms with Crippen molar-refractivity contribution in [3.05, 3.63) is 63.3 Å². The van der Waals surface area contributed by atoms with Crippen molar-refractivity contribution in [2.24, 2.45) is 0 Å². The Bertz CT molecular complexity index is 1030. The second-order valence-corrected chi connectivity index (χ2v) is 9.18. The molecular weight excluding hydrogens is 518 g/mol. The molecule has 3 aromatic rings. The Balaban J connectivity index is 1.76. The van der Waals surface area contributed by atoms with E-state index in [-0.39, 0.29) is 11.7 Å². The Kier molecular flexibility index (Phi) is 7.26. The zero-order valence-electron chi connectivity index (χ0n) is 15.9. The number of pyridine rings is 1. The summed E-state index contributed by atoms with van der Waals surface area (Å²) in [4.78, 5) is 16.6. The number of benzene rings is 1. The van der Waals surface area contributed by atoms with Crippen LogP contribution < -0.4 is 5.32 Å². The highest BCUT2D eigenvalue weighted by molar-refractivity contribution is 9.11. The number of carbonyl (C=O) groups excluding carboxylic acids is 1. The molecule has 0 aliphatic rings. The maximum absolute atomic E-state index is 12.5. The molecule has 0 aliphatic carbocycles. The summed E-state index contributed by atoms with van der Waals surface area (Å²) in [5, 5.41) is 12.2. The van der Waals surface area contributed by atoms with Gasteiger partial charge in [-0.2, -0.15) is 0 Å². The summed E-state index contributed by atoms with van der Waals surface area (Å²) in [5.74, 6) is 0.801. The molecule has 0 bridgehead atoms. The summed E-state index contributed by atoms with van der Waals surface area (Å²) in [7, 11) is 0. The first-order chi connectivity index (χ1) is 13.8. The molecule has 0 unspecified atom stereocenters. The first-order valence-electron chi connectivity index (χ1n) is 8.71. The molecule has 9 heteroatoms. The third-order valence-corrected chi connectivity index (χ3v) is 6.08. The van der Waals surface area contributed by atoms with E-state index in [0.29, 0.717) is 17.4 Å². The van der Waals surface area contributed by atoms with E-state index in [4.69, 9.17) is 0 Å². The number of halogens is 2. The zero-order valence-corrected chi connectivity index (χ0v) is 19.9. The molecule has 29 heavy (non-hydrogen) atoms. The van der Waals surface area contributed by atoms with Crippen LogP contribution in [-0.2, 0) is 11.3 Å². The highest BCUT2D eigenvalue weighted by Gasteiger charge is 2.17. The monoisotopic (exact) mass is 535 g/mol. The number of aromatic nitrogens is 4. The second kappa shape index (κ2) is 9.69. The number of nitrogens with zero attached hydrogens (tertiary/aromatic N) is 4. The maximum atomic E-state index is 12.5. The zero-order chi connectivity index (χ0) is 21.0. The van der Waals surface area contributed by atoms with Crippen LogP contribution in [0.3, 0.4) is 0 Å². The fraction of sp³-hybridized carbons (Fsp3) is 0.200. The summed E-state index contributed by atoms with van der Waals surface area (Å²) >= 11 is 8.33. The average Bonchev–Trinajstić information content (AvgIpc) is 3.05. The first kappa shape index (κ1) is 21.7. The largest absolute Gasteiger partial charge is 0.323 e. The van der Waals surface area contributed by atoms with Gasteiger partial charge in [0, 0.05) is 33.4 Å². The molecule has 0 saturated carbocycles. The number of hydrogen-bond donors (Lipinski definition) is 1. The highest BCUT2D eigenvalue weighted by Crippen LogP contribution is 2.32. The molecular formula is C20H19Br2N5OS. The Hall–Kier alpha value is -1.97. The summed E-state index contributed by atoms with van der Waals surface area (Å²) in [6.45, 7) is 8.51. The molecule has 0 saturated heterocycles. The van der Waals surface area contributed by atoms with Gasteiger partial charge in [0.05, 0.1) is 11.4 Å². The van der Waals surface area contributed by atoms with Crippen molar-refractivity contribution in [3.8, 4) is 11.4 Å². The van der Waals surface area contributed by atoms with Crippen molar-refractivity contribution >= 4 is 55.2 Å². The lowest BCUT2D eigenvalue weighted by Crippen LogP contribution is -2.15. The van der Waals surface area contributed by atoms with Gasteiger partial charge in [-0.25, -0.2) is 0 Å². The van der Waals surface area contributed by atoms with Crippen LogP contribution in [-0.4, -0.2) is 31.4 Å². The van der Waals surface area contributed by atoms with Gasteiger partial charge in [0.1, 0.15) is 0 Å². The van der Waals surface area contributed by atoms with Gasteiger partial charge in [-0.1, -0.05) is 23.9 Å². The quantitative estimate of drug-likeness (QED) is 0.319. The third-order valence-electron chi connectivity index (χ3n) is 3.87. The molecule has 150 valence electrons. The molecule has 0 atom stereocenters. The summed E-state index contributed by atoms with van der Waals surface area (Å²) in [6.07, 6.45) is 3.43.